The van der Waals surface area contributed by atoms with Crippen molar-refractivity contribution in [2.45, 2.75) is 0 Å². The molecule has 0 spiro atoms. The fraction of sp³-hybridized carbons (Fsp3) is 0. The summed E-state index contributed by atoms with van der Waals surface area (Å²) in [6.45, 7) is 0. The number of rotatable bonds is 0. The van der Waals surface area contributed by atoms with Crippen LogP contribution in [-0.2, 0) is 0 Å². The quantitative estimate of drug-likeness (QED) is 0.128. The van der Waals surface area contributed by atoms with E-state index >= 15 is 0 Å². The van der Waals surface area contributed by atoms with E-state index in [0.717, 1.165) is 44.2 Å². The van der Waals surface area contributed by atoms with Crippen LogP contribution in [0.25, 0.3) is 88.9 Å². The summed E-state index contributed by atoms with van der Waals surface area (Å²) in [4.78, 5) is 14.9. The summed E-state index contributed by atoms with van der Waals surface area (Å²) in [7, 11) is 0. The zero-order valence-electron chi connectivity index (χ0n) is 25.9. The van der Waals surface area contributed by atoms with Crippen molar-refractivity contribution in [3.05, 3.63) is 165 Å². The topological polar surface area (TPSA) is 63.2 Å². The summed E-state index contributed by atoms with van der Waals surface area (Å²) >= 11 is 0. The molecule has 4 aromatic heterocycles. The normalized spacial score (nSPS) is 12.8. The zero-order chi connectivity index (χ0) is 31.3. The van der Waals surface area contributed by atoms with Crippen molar-refractivity contribution in [3.8, 4) is 0 Å². The maximum Gasteiger partial charge on any atom is 0.0485 e. The van der Waals surface area contributed by atoms with Gasteiger partial charge in [-0.1, -0.05) is 48.5 Å². The first-order valence-electron chi connectivity index (χ1n) is 16.4. The van der Waals surface area contributed by atoms with Crippen LogP contribution in [0.5, 0.6) is 0 Å². The zero-order valence-corrected chi connectivity index (χ0v) is 25.9. The second kappa shape index (κ2) is 9.50. The molecule has 10 aromatic rings. The lowest BCUT2D eigenvalue weighted by molar-refractivity contribution is 1.23. The minimum Gasteiger partial charge on any atom is -0.355 e. The lowest BCUT2D eigenvalue weighted by Gasteiger charge is -2.04. The molecule has 4 N–H and O–H groups in total. The van der Waals surface area contributed by atoms with Crippen molar-refractivity contribution in [3.63, 3.8) is 0 Å². The van der Waals surface area contributed by atoms with Crippen LogP contribution in [0.3, 0.4) is 0 Å². The first kappa shape index (κ1) is 25.6. The van der Waals surface area contributed by atoms with E-state index in [1.54, 1.807) is 0 Å². The van der Waals surface area contributed by atoms with Gasteiger partial charge in [-0.05, 0) is 140 Å². The molecular weight excluding hydrogens is 585 g/mol. The van der Waals surface area contributed by atoms with Crippen LogP contribution in [0, 0.1) is 0 Å². The van der Waals surface area contributed by atoms with Crippen molar-refractivity contribution < 1.29 is 0 Å². The smallest absolute Gasteiger partial charge is 0.0485 e. The molecule has 4 nitrogen and oxygen atoms in total. The minimum absolute atomic E-state index is 1.04. The van der Waals surface area contributed by atoms with Crippen molar-refractivity contribution in [2.24, 2.45) is 0 Å². The number of benzene rings is 6. The molecule has 4 heteroatoms. The molecule has 0 atom stereocenters. The third kappa shape index (κ3) is 3.96. The van der Waals surface area contributed by atoms with E-state index in [4.69, 9.17) is 0 Å². The summed E-state index contributed by atoms with van der Waals surface area (Å²) in [5.41, 5.74) is 4.32. The van der Waals surface area contributed by atoms with Crippen LogP contribution in [0.15, 0.2) is 121 Å². The first-order valence-corrected chi connectivity index (χ1v) is 16.4. The SMILES string of the molecule is C1=c2ccc([nH]2)=Cc2[nH]c(c3cc4cc5ccccc5cc4cc23)C=c2ccc([nH]2)=Cc2[nH]c1c1cc3cc4ccccc4cc3cc21. The Labute approximate surface area is 273 Å². The van der Waals surface area contributed by atoms with Gasteiger partial charge < -0.3 is 19.9 Å². The summed E-state index contributed by atoms with van der Waals surface area (Å²) in [6.07, 6.45) is 8.89. The highest BCUT2D eigenvalue weighted by molar-refractivity contribution is 6.10. The third-order valence-electron chi connectivity index (χ3n) is 10.0. The fourth-order valence-corrected chi connectivity index (χ4v) is 7.71. The van der Waals surface area contributed by atoms with Gasteiger partial charge in [0.1, 0.15) is 0 Å². The van der Waals surface area contributed by atoms with Crippen molar-refractivity contribution in [1.82, 2.24) is 19.9 Å². The maximum absolute atomic E-state index is 3.77. The summed E-state index contributed by atoms with van der Waals surface area (Å²) < 4.78 is 0. The Balaban J connectivity index is 1.19. The molecule has 224 valence electrons. The molecule has 1 aliphatic rings. The summed E-state index contributed by atoms with van der Waals surface area (Å²) in [5, 5.41) is 18.9. The Kier molecular flexibility index (Phi) is 5.08. The molecule has 0 amide bonds. The van der Waals surface area contributed by atoms with Crippen molar-refractivity contribution in [1.29, 1.82) is 0 Å². The van der Waals surface area contributed by atoms with E-state index in [2.05, 4.69) is 166 Å². The van der Waals surface area contributed by atoms with Gasteiger partial charge in [0.25, 0.3) is 0 Å². The van der Waals surface area contributed by atoms with E-state index in [-0.39, 0.29) is 0 Å². The molecule has 6 aromatic carbocycles. The monoisotopic (exact) mass is 612 g/mol. The van der Waals surface area contributed by atoms with Gasteiger partial charge in [-0.15, -0.1) is 0 Å². The Morgan fingerprint density at radius 2 is 0.521 bits per heavy atom. The molecule has 11 rings (SSSR count). The molecule has 48 heavy (non-hydrogen) atoms. The van der Waals surface area contributed by atoms with Gasteiger partial charge in [-0.25, -0.2) is 0 Å². The molecule has 0 saturated carbocycles. The molecule has 0 fully saturated rings. The second-order valence-electron chi connectivity index (χ2n) is 13.1. The highest BCUT2D eigenvalue weighted by Gasteiger charge is 2.13. The number of aromatic amines is 4. The first-order chi connectivity index (χ1) is 23.7. The lowest BCUT2D eigenvalue weighted by Crippen LogP contribution is -2.10. The predicted octanol–water partition coefficient (Wildman–Crippen LogP) is 7.55. The van der Waals surface area contributed by atoms with Gasteiger partial charge in [0.05, 0.1) is 0 Å². The lowest BCUT2D eigenvalue weighted by atomic mass is 10.00. The molecule has 0 radical (unpaired) electrons. The average molecular weight is 613 g/mol. The third-order valence-corrected chi connectivity index (χ3v) is 10.0. The van der Waals surface area contributed by atoms with E-state index in [1.807, 2.05) is 0 Å². The van der Waals surface area contributed by atoms with E-state index in [0.29, 0.717) is 0 Å². The fourth-order valence-electron chi connectivity index (χ4n) is 7.71. The summed E-state index contributed by atoms with van der Waals surface area (Å²) in [5.74, 6) is 0. The molecule has 0 saturated heterocycles. The number of aromatic nitrogens is 4. The van der Waals surface area contributed by atoms with Crippen molar-refractivity contribution in [2.75, 3.05) is 0 Å². The highest BCUT2D eigenvalue weighted by Crippen LogP contribution is 2.33. The Bertz CT molecular complexity index is 2810. The molecular formula is C44H28N4. The second-order valence-corrected chi connectivity index (χ2v) is 13.1. The highest BCUT2D eigenvalue weighted by atomic mass is 14.8. The number of hydrogen-bond donors (Lipinski definition) is 4. The van der Waals surface area contributed by atoms with Gasteiger partial charge in [0, 0.05) is 65.7 Å². The Morgan fingerprint density at radius 1 is 0.250 bits per heavy atom. The van der Waals surface area contributed by atoms with E-state index < -0.39 is 0 Å². The van der Waals surface area contributed by atoms with Gasteiger partial charge in [-0.3, -0.25) is 0 Å². The van der Waals surface area contributed by atoms with Crippen LogP contribution < -0.4 is 21.4 Å². The van der Waals surface area contributed by atoms with Gasteiger partial charge >= 0.3 is 0 Å². The number of H-pyrrole nitrogens is 4. The van der Waals surface area contributed by atoms with E-state index in [9.17, 15) is 0 Å². The van der Waals surface area contributed by atoms with Crippen LogP contribution in [0.2, 0.25) is 0 Å². The standard InChI is InChI=1S/C44H28N4/c1-2-6-26-14-30-18-38-37(17-29(30)13-25(26)5-1)41-21-33-9-10-35(45-33)23-43-39-19-31-15-27-7-3-4-8-28(27)16-32(31)20-40(39)44(48-43)24-36-12-11-34(46-36)22-42(38)47-41/h1-24,45-48H. The number of fused-ring (bicyclic) bond motifs is 18. The van der Waals surface area contributed by atoms with Crippen LogP contribution in [0.1, 0.15) is 22.8 Å². The average Bonchev–Trinajstić information content (AvgIpc) is 3.89. The Hall–Kier alpha value is -6.52. The summed E-state index contributed by atoms with van der Waals surface area (Å²) in [6, 6.07) is 44.3. The van der Waals surface area contributed by atoms with Gasteiger partial charge in [-0.2, -0.15) is 0 Å². The van der Waals surface area contributed by atoms with Gasteiger partial charge in [0.15, 0.2) is 0 Å². The minimum atomic E-state index is 1.04. The maximum atomic E-state index is 3.77. The van der Waals surface area contributed by atoms with Gasteiger partial charge in [0.2, 0.25) is 0 Å². The number of nitrogens with one attached hydrogen (secondary N) is 4. The van der Waals surface area contributed by atoms with Crippen LogP contribution in [0.4, 0.5) is 0 Å². The Morgan fingerprint density at radius 3 is 0.792 bits per heavy atom. The molecule has 8 bridgehead atoms. The molecule has 0 unspecified atom stereocenters. The van der Waals surface area contributed by atoms with E-state index in [1.165, 1.54) is 64.6 Å². The molecule has 1 aliphatic heterocycles. The molecule has 0 aliphatic carbocycles. The predicted molar refractivity (Wildman–Crippen MR) is 201 cm³/mol. The van der Waals surface area contributed by atoms with Crippen LogP contribution >= 0.6 is 0 Å². The molecule has 5 heterocycles. The number of hydrogen-bond acceptors (Lipinski definition) is 0. The largest absolute Gasteiger partial charge is 0.355 e. The van der Waals surface area contributed by atoms with Crippen LogP contribution in [-0.4, -0.2) is 19.9 Å². The van der Waals surface area contributed by atoms with Crippen molar-refractivity contribution >= 4 is 88.9 Å².